The van der Waals surface area contributed by atoms with Crippen molar-refractivity contribution in [2.24, 2.45) is 7.05 Å². The van der Waals surface area contributed by atoms with E-state index in [0.29, 0.717) is 30.0 Å². The molecule has 2 amide bonds. The van der Waals surface area contributed by atoms with Crippen LogP contribution < -0.4 is 5.32 Å². The summed E-state index contributed by atoms with van der Waals surface area (Å²) in [5.74, 6) is -1.29. The van der Waals surface area contributed by atoms with E-state index < -0.39 is 18.5 Å². The first-order valence-electron chi connectivity index (χ1n) is 8.83. The number of hydrogen-bond donors (Lipinski definition) is 1. The lowest BCUT2D eigenvalue weighted by Gasteiger charge is -2.18. The van der Waals surface area contributed by atoms with Crippen molar-refractivity contribution in [3.8, 4) is 0 Å². The molecule has 28 heavy (non-hydrogen) atoms. The van der Waals surface area contributed by atoms with Crippen LogP contribution in [-0.2, 0) is 16.6 Å². The Labute approximate surface area is 168 Å². The maximum absolute atomic E-state index is 12.3. The van der Waals surface area contributed by atoms with Gasteiger partial charge in [-0.1, -0.05) is 11.6 Å². The third-order valence-electron chi connectivity index (χ3n) is 4.16. The molecule has 9 heteroatoms. The fourth-order valence-electron chi connectivity index (χ4n) is 2.65. The zero-order valence-corrected chi connectivity index (χ0v) is 17.0. The van der Waals surface area contributed by atoms with Crippen molar-refractivity contribution in [3.63, 3.8) is 0 Å². The Balaban J connectivity index is 1.93. The first-order chi connectivity index (χ1) is 13.3. The van der Waals surface area contributed by atoms with Crippen LogP contribution in [0.2, 0.25) is 5.15 Å². The molecule has 150 valence electrons. The normalized spacial score (nSPS) is 10.5. The number of halogens is 1. The van der Waals surface area contributed by atoms with Gasteiger partial charge in [0.05, 0.1) is 5.69 Å². The SMILES string of the molecule is CCN(CC)C(=O)c1ccc(NC(=O)COC(=O)c2c(C)nn(C)c2Cl)cc1. The number of ether oxygens (including phenoxy) is 1. The Hall–Kier alpha value is -2.87. The van der Waals surface area contributed by atoms with Gasteiger partial charge in [0.2, 0.25) is 0 Å². The van der Waals surface area contributed by atoms with E-state index in [-0.39, 0.29) is 16.6 Å². The third kappa shape index (κ3) is 4.89. The Kier molecular flexibility index (Phi) is 7.17. The molecule has 0 radical (unpaired) electrons. The molecule has 1 heterocycles. The van der Waals surface area contributed by atoms with Gasteiger partial charge in [0.25, 0.3) is 11.8 Å². The zero-order valence-electron chi connectivity index (χ0n) is 16.3. The highest BCUT2D eigenvalue weighted by atomic mass is 35.5. The van der Waals surface area contributed by atoms with Gasteiger partial charge in [-0.3, -0.25) is 14.3 Å². The molecule has 0 bridgehead atoms. The molecule has 0 fully saturated rings. The van der Waals surface area contributed by atoms with Gasteiger partial charge in [-0.25, -0.2) is 4.79 Å². The molecule has 0 aliphatic heterocycles. The lowest BCUT2D eigenvalue weighted by atomic mass is 10.2. The van der Waals surface area contributed by atoms with E-state index in [1.54, 1.807) is 43.1 Å². The van der Waals surface area contributed by atoms with Crippen LogP contribution in [0.15, 0.2) is 24.3 Å². The van der Waals surface area contributed by atoms with Gasteiger partial charge in [0.1, 0.15) is 10.7 Å². The molecule has 1 aromatic heterocycles. The van der Waals surface area contributed by atoms with E-state index in [1.807, 2.05) is 13.8 Å². The second-order valence-electron chi connectivity index (χ2n) is 6.05. The van der Waals surface area contributed by atoms with Gasteiger partial charge in [-0.05, 0) is 45.0 Å². The van der Waals surface area contributed by atoms with Crippen molar-refractivity contribution < 1.29 is 19.1 Å². The molecule has 2 aromatic rings. The van der Waals surface area contributed by atoms with Crippen molar-refractivity contribution in [1.29, 1.82) is 0 Å². The van der Waals surface area contributed by atoms with Gasteiger partial charge in [-0.2, -0.15) is 5.10 Å². The Bertz CT molecular complexity index is 873. The molecule has 0 saturated carbocycles. The van der Waals surface area contributed by atoms with Crippen LogP contribution in [0.1, 0.15) is 40.3 Å². The van der Waals surface area contributed by atoms with E-state index >= 15 is 0 Å². The van der Waals surface area contributed by atoms with Crippen molar-refractivity contribution in [1.82, 2.24) is 14.7 Å². The number of nitrogens with one attached hydrogen (secondary N) is 1. The Morgan fingerprint density at radius 1 is 1.18 bits per heavy atom. The molecule has 0 spiro atoms. The molecule has 1 N–H and O–H groups in total. The van der Waals surface area contributed by atoms with Crippen molar-refractivity contribution in [3.05, 3.63) is 46.2 Å². The van der Waals surface area contributed by atoms with Gasteiger partial charge in [-0.15, -0.1) is 0 Å². The Morgan fingerprint density at radius 3 is 2.29 bits per heavy atom. The fourth-order valence-corrected chi connectivity index (χ4v) is 2.90. The number of amides is 2. The molecule has 0 aliphatic carbocycles. The highest BCUT2D eigenvalue weighted by Gasteiger charge is 2.21. The molecule has 0 aliphatic rings. The summed E-state index contributed by atoms with van der Waals surface area (Å²) >= 11 is 6.01. The fraction of sp³-hybridized carbons (Fsp3) is 0.368. The maximum atomic E-state index is 12.3. The van der Waals surface area contributed by atoms with E-state index in [1.165, 1.54) is 4.68 Å². The number of nitrogens with zero attached hydrogens (tertiary/aromatic N) is 3. The van der Waals surface area contributed by atoms with Crippen LogP contribution in [0.3, 0.4) is 0 Å². The summed E-state index contributed by atoms with van der Waals surface area (Å²) in [5.41, 5.74) is 1.59. The van der Waals surface area contributed by atoms with Crippen LogP contribution >= 0.6 is 11.6 Å². The summed E-state index contributed by atoms with van der Waals surface area (Å²) < 4.78 is 6.37. The summed E-state index contributed by atoms with van der Waals surface area (Å²) in [6, 6.07) is 6.53. The highest BCUT2D eigenvalue weighted by molar-refractivity contribution is 6.32. The molecule has 1 aromatic carbocycles. The second kappa shape index (κ2) is 9.36. The van der Waals surface area contributed by atoms with Crippen molar-refractivity contribution in [2.75, 3.05) is 25.0 Å². The number of aryl methyl sites for hydroxylation is 2. The lowest BCUT2D eigenvalue weighted by Crippen LogP contribution is -2.30. The van der Waals surface area contributed by atoms with E-state index in [0.717, 1.165) is 0 Å². The molecule has 2 rings (SSSR count). The number of carbonyl (C=O) groups is 3. The zero-order chi connectivity index (χ0) is 20.8. The smallest absolute Gasteiger partial charge is 0.343 e. The van der Waals surface area contributed by atoms with Crippen molar-refractivity contribution in [2.45, 2.75) is 20.8 Å². The molecule has 0 atom stereocenters. The molecule has 0 saturated heterocycles. The van der Waals surface area contributed by atoms with Gasteiger partial charge >= 0.3 is 5.97 Å². The standard InChI is InChI=1S/C19H23ClN4O4/c1-5-24(6-2)18(26)13-7-9-14(10-8-13)21-15(25)11-28-19(27)16-12(3)22-23(4)17(16)20/h7-10H,5-6,11H2,1-4H3,(H,21,25). The maximum Gasteiger partial charge on any atom is 0.343 e. The number of anilines is 1. The lowest BCUT2D eigenvalue weighted by molar-refractivity contribution is -0.119. The van der Waals surface area contributed by atoms with Crippen LogP contribution in [0.5, 0.6) is 0 Å². The minimum atomic E-state index is -0.717. The summed E-state index contributed by atoms with van der Waals surface area (Å²) in [7, 11) is 1.60. The summed E-state index contributed by atoms with van der Waals surface area (Å²) in [6.07, 6.45) is 0. The van der Waals surface area contributed by atoms with Gasteiger partial charge in [0, 0.05) is 31.4 Å². The summed E-state index contributed by atoms with van der Waals surface area (Å²) in [5, 5.41) is 6.79. The van der Waals surface area contributed by atoms with Crippen molar-refractivity contribution >= 4 is 35.1 Å². The number of benzene rings is 1. The first-order valence-corrected chi connectivity index (χ1v) is 9.21. The van der Waals surface area contributed by atoms with Crippen LogP contribution in [0.25, 0.3) is 0 Å². The average Bonchev–Trinajstić information content (AvgIpc) is 2.93. The largest absolute Gasteiger partial charge is 0.452 e. The molecule has 0 unspecified atom stereocenters. The summed E-state index contributed by atoms with van der Waals surface area (Å²) in [6.45, 7) is 6.24. The topological polar surface area (TPSA) is 93.5 Å². The number of hydrogen-bond acceptors (Lipinski definition) is 5. The first kappa shape index (κ1) is 21.4. The average molecular weight is 407 g/mol. The van der Waals surface area contributed by atoms with Gasteiger partial charge < -0.3 is 15.0 Å². The van der Waals surface area contributed by atoms with E-state index in [2.05, 4.69) is 10.4 Å². The quantitative estimate of drug-likeness (QED) is 0.713. The van der Waals surface area contributed by atoms with Crippen LogP contribution in [0, 0.1) is 6.92 Å². The predicted molar refractivity (Wildman–Crippen MR) is 106 cm³/mol. The molecular weight excluding hydrogens is 384 g/mol. The minimum absolute atomic E-state index is 0.0690. The number of rotatable bonds is 7. The van der Waals surface area contributed by atoms with E-state index in [9.17, 15) is 14.4 Å². The third-order valence-corrected chi connectivity index (χ3v) is 4.59. The second-order valence-corrected chi connectivity index (χ2v) is 6.41. The number of carbonyl (C=O) groups excluding carboxylic acids is 3. The van der Waals surface area contributed by atoms with E-state index in [4.69, 9.17) is 16.3 Å². The monoisotopic (exact) mass is 406 g/mol. The number of aromatic nitrogens is 2. The molecule has 8 nitrogen and oxygen atoms in total. The predicted octanol–water partition coefficient (Wildman–Crippen LogP) is 2.66. The minimum Gasteiger partial charge on any atom is -0.452 e. The molecular formula is C19H23ClN4O4. The highest BCUT2D eigenvalue weighted by Crippen LogP contribution is 2.19. The summed E-state index contributed by atoms with van der Waals surface area (Å²) in [4.78, 5) is 38.1. The Morgan fingerprint density at radius 2 is 1.79 bits per heavy atom. The van der Waals surface area contributed by atoms with Gasteiger partial charge in [0.15, 0.2) is 6.61 Å². The van der Waals surface area contributed by atoms with Crippen LogP contribution in [0.4, 0.5) is 5.69 Å². The van der Waals surface area contributed by atoms with Crippen LogP contribution in [-0.4, -0.2) is 52.2 Å². The number of esters is 1.